The van der Waals surface area contributed by atoms with Crippen molar-refractivity contribution in [3.63, 3.8) is 0 Å². The summed E-state index contributed by atoms with van der Waals surface area (Å²) in [5, 5.41) is 3.83. The van der Waals surface area contributed by atoms with Gasteiger partial charge < -0.3 is 19.8 Å². The van der Waals surface area contributed by atoms with Crippen LogP contribution in [-0.2, 0) is 12.3 Å². The zero-order valence-electron chi connectivity index (χ0n) is 15.1. The minimum Gasteiger partial charge on any atom is -0.497 e. The Morgan fingerprint density at radius 2 is 2.15 bits per heavy atom. The first-order valence-corrected chi connectivity index (χ1v) is 10.3. The SMILES string of the molecule is COc1ccc(CNC(=S)SCc2nc3sc(C)cc3c(=O)[nH]2)c(OC)c1. The molecular formula is C18H19N3O3S3. The van der Waals surface area contributed by atoms with Crippen molar-refractivity contribution in [1.29, 1.82) is 0 Å². The predicted molar refractivity (Wildman–Crippen MR) is 115 cm³/mol. The van der Waals surface area contributed by atoms with Gasteiger partial charge >= 0.3 is 0 Å². The number of aromatic amines is 1. The van der Waals surface area contributed by atoms with E-state index in [-0.39, 0.29) is 5.56 Å². The Morgan fingerprint density at radius 3 is 2.89 bits per heavy atom. The molecule has 0 bridgehead atoms. The Hall–Kier alpha value is -2.10. The van der Waals surface area contributed by atoms with Gasteiger partial charge in [0.2, 0.25) is 0 Å². The molecule has 1 aromatic carbocycles. The molecule has 142 valence electrons. The lowest BCUT2D eigenvalue weighted by molar-refractivity contribution is 0.390. The zero-order valence-corrected chi connectivity index (χ0v) is 17.6. The van der Waals surface area contributed by atoms with Crippen LogP contribution in [0.5, 0.6) is 11.5 Å². The van der Waals surface area contributed by atoms with Gasteiger partial charge in [0.1, 0.15) is 26.5 Å². The number of benzene rings is 1. The molecule has 9 heteroatoms. The van der Waals surface area contributed by atoms with Gasteiger partial charge in [-0.25, -0.2) is 4.98 Å². The van der Waals surface area contributed by atoms with E-state index < -0.39 is 0 Å². The Morgan fingerprint density at radius 1 is 1.33 bits per heavy atom. The van der Waals surface area contributed by atoms with Crippen molar-refractivity contribution in [3.8, 4) is 11.5 Å². The van der Waals surface area contributed by atoms with Gasteiger partial charge in [-0.1, -0.05) is 24.0 Å². The van der Waals surface area contributed by atoms with E-state index in [1.807, 2.05) is 31.2 Å². The highest BCUT2D eigenvalue weighted by Crippen LogP contribution is 2.25. The van der Waals surface area contributed by atoms with Gasteiger partial charge in [0, 0.05) is 23.1 Å². The molecule has 3 rings (SSSR count). The van der Waals surface area contributed by atoms with Crippen molar-refractivity contribution in [3.05, 3.63) is 50.9 Å². The van der Waals surface area contributed by atoms with Crippen LogP contribution in [0.4, 0.5) is 0 Å². The molecule has 0 spiro atoms. The van der Waals surface area contributed by atoms with Crippen LogP contribution in [-0.4, -0.2) is 28.5 Å². The third-order valence-electron chi connectivity index (χ3n) is 3.83. The number of H-pyrrole nitrogens is 1. The fraction of sp³-hybridized carbons (Fsp3) is 0.278. The largest absolute Gasteiger partial charge is 0.497 e. The molecule has 27 heavy (non-hydrogen) atoms. The maximum absolute atomic E-state index is 12.1. The van der Waals surface area contributed by atoms with Crippen LogP contribution in [0.15, 0.2) is 29.1 Å². The van der Waals surface area contributed by atoms with Gasteiger partial charge in [0.15, 0.2) is 0 Å². The van der Waals surface area contributed by atoms with Crippen LogP contribution in [0, 0.1) is 6.92 Å². The second-order valence-electron chi connectivity index (χ2n) is 5.70. The summed E-state index contributed by atoms with van der Waals surface area (Å²) in [6, 6.07) is 7.50. The molecule has 2 aromatic heterocycles. The highest BCUT2D eigenvalue weighted by atomic mass is 32.2. The second-order valence-corrected chi connectivity index (χ2v) is 8.58. The quantitative estimate of drug-likeness (QED) is 0.589. The molecule has 0 saturated carbocycles. The molecule has 0 aliphatic rings. The van der Waals surface area contributed by atoms with Crippen molar-refractivity contribution in [2.24, 2.45) is 0 Å². The number of fused-ring (bicyclic) bond motifs is 1. The normalized spacial score (nSPS) is 10.8. The van der Waals surface area contributed by atoms with Gasteiger partial charge in [0.05, 0.1) is 25.4 Å². The van der Waals surface area contributed by atoms with Crippen LogP contribution in [0.25, 0.3) is 10.2 Å². The van der Waals surface area contributed by atoms with Crippen LogP contribution in [0.3, 0.4) is 0 Å². The second kappa shape index (κ2) is 8.73. The summed E-state index contributed by atoms with van der Waals surface area (Å²) in [4.78, 5) is 21.3. The van der Waals surface area contributed by atoms with Crippen molar-refractivity contribution in [1.82, 2.24) is 15.3 Å². The first kappa shape index (κ1) is 19.7. The standard InChI is InChI=1S/C18H19N3O3S3/c1-10-6-13-16(22)20-15(21-17(13)27-10)9-26-18(25)19-8-11-4-5-12(23-2)7-14(11)24-3/h4-7H,8-9H2,1-3H3,(H,19,25)(H,20,21,22). The van der Waals surface area contributed by atoms with E-state index in [1.165, 1.54) is 23.1 Å². The molecule has 0 amide bonds. The maximum atomic E-state index is 12.1. The summed E-state index contributed by atoms with van der Waals surface area (Å²) in [7, 11) is 3.24. The number of hydrogen-bond donors (Lipinski definition) is 2. The maximum Gasteiger partial charge on any atom is 0.259 e. The monoisotopic (exact) mass is 421 g/mol. The molecule has 2 N–H and O–H groups in total. The number of rotatable bonds is 6. The highest BCUT2D eigenvalue weighted by Gasteiger charge is 2.09. The number of aryl methyl sites for hydroxylation is 1. The van der Waals surface area contributed by atoms with Gasteiger partial charge in [-0.2, -0.15) is 0 Å². The number of hydrogen-bond acceptors (Lipinski definition) is 7. The predicted octanol–water partition coefficient (Wildman–Crippen LogP) is 3.62. The molecule has 0 fully saturated rings. The lowest BCUT2D eigenvalue weighted by atomic mass is 10.2. The average Bonchev–Trinajstić information content (AvgIpc) is 3.05. The molecule has 0 unspecified atom stereocenters. The summed E-state index contributed by atoms with van der Waals surface area (Å²) < 4.78 is 11.2. The van der Waals surface area contributed by atoms with Crippen LogP contribution in [0.2, 0.25) is 0 Å². The molecule has 2 heterocycles. The lowest BCUT2D eigenvalue weighted by Gasteiger charge is -2.12. The number of nitrogens with one attached hydrogen (secondary N) is 2. The Labute approximate surface area is 170 Å². The summed E-state index contributed by atoms with van der Waals surface area (Å²) in [5.74, 6) is 2.58. The summed E-state index contributed by atoms with van der Waals surface area (Å²) >= 11 is 8.32. The van der Waals surface area contributed by atoms with Gasteiger partial charge in [-0.15, -0.1) is 11.3 Å². The lowest BCUT2D eigenvalue weighted by Crippen LogP contribution is -2.19. The minimum atomic E-state index is -0.109. The fourth-order valence-corrected chi connectivity index (χ4v) is 4.24. The first-order chi connectivity index (χ1) is 13.0. The van der Waals surface area contributed by atoms with Gasteiger partial charge in [0.25, 0.3) is 5.56 Å². The summed E-state index contributed by atoms with van der Waals surface area (Å²) in [6.07, 6.45) is 0. The average molecular weight is 422 g/mol. The van der Waals surface area contributed by atoms with Crippen LogP contribution < -0.4 is 20.3 Å². The summed E-state index contributed by atoms with van der Waals surface area (Å²) in [6.45, 7) is 2.50. The Bertz CT molecular complexity index is 1030. The number of nitrogens with zero attached hydrogens (tertiary/aromatic N) is 1. The van der Waals surface area contributed by atoms with Crippen molar-refractivity contribution >= 4 is 49.9 Å². The third kappa shape index (κ3) is 4.79. The van der Waals surface area contributed by atoms with Crippen LogP contribution in [0.1, 0.15) is 16.3 Å². The molecule has 0 aliphatic heterocycles. The number of thioether (sulfide) groups is 1. The Kier molecular flexibility index (Phi) is 6.35. The van der Waals surface area contributed by atoms with Gasteiger partial charge in [-0.05, 0) is 25.1 Å². The number of thiocarbonyl (C=S) groups is 1. The molecule has 0 saturated heterocycles. The van der Waals surface area contributed by atoms with E-state index in [1.54, 1.807) is 14.2 Å². The third-order valence-corrected chi connectivity index (χ3v) is 6.10. The highest BCUT2D eigenvalue weighted by molar-refractivity contribution is 8.22. The molecule has 6 nitrogen and oxygen atoms in total. The topological polar surface area (TPSA) is 76.2 Å². The van der Waals surface area contributed by atoms with E-state index in [2.05, 4.69) is 15.3 Å². The van der Waals surface area contributed by atoms with E-state index in [9.17, 15) is 4.79 Å². The van der Waals surface area contributed by atoms with Gasteiger partial charge in [-0.3, -0.25) is 4.79 Å². The summed E-state index contributed by atoms with van der Waals surface area (Å²) in [5.41, 5.74) is 0.866. The Balaban J connectivity index is 1.59. The van der Waals surface area contributed by atoms with E-state index >= 15 is 0 Å². The molecule has 0 atom stereocenters. The first-order valence-electron chi connectivity index (χ1n) is 8.11. The molecule has 3 aromatic rings. The van der Waals surface area contributed by atoms with E-state index in [0.29, 0.717) is 27.8 Å². The molecule has 0 aliphatic carbocycles. The minimum absolute atomic E-state index is 0.109. The number of methoxy groups -OCH3 is 2. The number of ether oxygens (including phenoxy) is 2. The van der Waals surface area contributed by atoms with Crippen molar-refractivity contribution in [2.45, 2.75) is 19.2 Å². The van der Waals surface area contributed by atoms with E-state index in [4.69, 9.17) is 21.7 Å². The molecular weight excluding hydrogens is 402 g/mol. The van der Waals surface area contributed by atoms with E-state index in [0.717, 1.165) is 26.8 Å². The van der Waals surface area contributed by atoms with Crippen molar-refractivity contribution in [2.75, 3.05) is 14.2 Å². The smallest absolute Gasteiger partial charge is 0.259 e. The zero-order chi connectivity index (χ0) is 19.4. The number of aromatic nitrogens is 2. The van der Waals surface area contributed by atoms with Crippen molar-refractivity contribution < 1.29 is 9.47 Å². The number of thiophene rings is 1. The molecule has 0 radical (unpaired) electrons. The fourth-order valence-electron chi connectivity index (χ4n) is 2.52. The van der Waals surface area contributed by atoms with Crippen LogP contribution >= 0.6 is 35.3 Å².